The first kappa shape index (κ1) is 19.4. The fourth-order valence-corrected chi connectivity index (χ4v) is 2.42. The molecular formula is C15H24O8. The lowest BCUT2D eigenvalue weighted by Crippen LogP contribution is -2.53. The maximum Gasteiger partial charge on any atom is 0.305 e. The van der Waals surface area contributed by atoms with Gasteiger partial charge in [-0.15, -0.1) is 0 Å². The molecule has 23 heavy (non-hydrogen) atoms. The topological polar surface area (TPSA) is 108 Å². The molecule has 0 saturated carbocycles. The van der Waals surface area contributed by atoms with Crippen molar-refractivity contribution in [2.24, 2.45) is 11.8 Å². The van der Waals surface area contributed by atoms with E-state index in [1.807, 2.05) is 13.8 Å². The van der Waals surface area contributed by atoms with Gasteiger partial charge in [-0.25, -0.2) is 0 Å². The first-order valence-corrected chi connectivity index (χ1v) is 7.51. The fourth-order valence-electron chi connectivity index (χ4n) is 2.42. The van der Waals surface area contributed by atoms with Crippen molar-refractivity contribution in [1.29, 1.82) is 0 Å². The summed E-state index contributed by atoms with van der Waals surface area (Å²) in [6.45, 7) is 6.27. The van der Waals surface area contributed by atoms with E-state index in [-0.39, 0.29) is 31.5 Å². The van der Waals surface area contributed by atoms with E-state index in [0.29, 0.717) is 0 Å². The summed E-state index contributed by atoms with van der Waals surface area (Å²) in [6, 6.07) is 0. The summed E-state index contributed by atoms with van der Waals surface area (Å²) in [6.07, 6.45) is -2.02. The molecule has 0 aromatic heterocycles. The molecule has 0 spiro atoms. The van der Waals surface area contributed by atoms with Gasteiger partial charge in [-0.2, -0.15) is 0 Å². The highest BCUT2D eigenvalue weighted by atomic mass is 16.7. The van der Waals surface area contributed by atoms with Gasteiger partial charge >= 0.3 is 17.9 Å². The second kappa shape index (κ2) is 8.83. The second-order valence-electron chi connectivity index (χ2n) is 5.65. The third-order valence-electron chi connectivity index (χ3n) is 3.80. The maximum atomic E-state index is 11.3. The third kappa shape index (κ3) is 6.15. The normalized spacial score (nSPS) is 30.5. The van der Waals surface area contributed by atoms with E-state index in [2.05, 4.69) is 0 Å². The van der Waals surface area contributed by atoms with Crippen molar-refractivity contribution >= 4 is 17.9 Å². The molecule has 1 N–H and O–H groups in total. The number of hydrogen-bond donors (Lipinski definition) is 1. The highest BCUT2D eigenvalue weighted by molar-refractivity contribution is 5.67. The number of rotatable bonds is 7. The zero-order valence-electron chi connectivity index (χ0n) is 13.8. The van der Waals surface area contributed by atoms with Crippen molar-refractivity contribution in [2.75, 3.05) is 13.2 Å². The van der Waals surface area contributed by atoms with Gasteiger partial charge in [-0.05, 0) is 0 Å². The minimum Gasteiger partial charge on any atom is -0.481 e. The lowest BCUT2D eigenvalue weighted by atomic mass is 9.84. The molecule has 1 aliphatic heterocycles. The van der Waals surface area contributed by atoms with Gasteiger partial charge in [0, 0.05) is 25.7 Å². The van der Waals surface area contributed by atoms with Crippen molar-refractivity contribution in [3.8, 4) is 0 Å². The Balaban J connectivity index is 2.76. The largest absolute Gasteiger partial charge is 0.481 e. The monoisotopic (exact) mass is 332 g/mol. The van der Waals surface area contributed by atoms with Gasteiger partial charge in [0.05, 0.1) is 13.0 Å². The molecular weight excluding hydrogens is 308 g/mol. The number of carbonyl (C=O) groups excluding carboxylic acids is 2. The Kier molecular flexibility index (Phi) is 7.44. The average molecular weight is 332 g/mol. The number of aliphatic carboxylic acids is 1. The van der Waals surface area contributed by atoms with Crippen LogP contribution in [0.4, 0.5) is 0 Å². The standard InChI is InChI=1S/C15H24O8/c1-8-9(2)15(20-6-5-13(18)19)23-12(7-21-10(3)16)14(8)22-11(4)17/h8-9,12,14-15H,5-7H2,1-4H3,(H,18,19). The predicted molar refractivity (Wildman–Crippen MR) is 77.4 cm³/mol. The fraction of sp³-hybridized carbons (Fsp3) is 0.800. The molecule has 0 bridgehead atoms. The van der Waals surface area contributed by atoms with Crippen LogP contribution in [-0.4, -0.2) is 54.7 Å². The van der Waals surface area contributed by atoms with Crippen LogP contribution in [0.25, 0.3) is 0 Å². The molecule has 0 aliphatic carbocycles. The van der Waals surface area contributed by atoms with Crippen LogP contribution >= 0.6 is 0 Å². The molecule has 0 radical (unpaired) electrons. The summed E-state index contributed by atoms with van der Waals surface area (Å²) in [5, 5.41) is 8.66. The van der Waals surface area contributed by atoms with Crippen molar-refractivity contribution in [3.05, 3.63) is 0 Å². The molecule has 8 nitrogen and oxygen atoms in total. The lowest BCUT2D eigenvalue weighted by Gasteiger charge is -2.43. The number of carboxylic acid groups (broad SMARTS) is 1. The predicted octanol–water partition coefficient (Wildman–Crippen LogP) is 0.970. The molecule has 0 aromatic carbocycles. The van der Waals surface area contributed by atoms with Crippen LogP contribution in [0.15, 0.2) is 0 Å². The molecule has 8 heteroatoms. The van der Waals surface area contributed by atoms with Gasteiger partial charge in [-0.1, -0.05) is 13.8 Å². The van der Waals surface area contributed by atoms with E-state index in [9.17, 15) is 14.4 Å². The summed E-state index contributed by atoms with van der Waals surface area (Å²) in [4.78, 5) is 32.9. The van der Waals surface area contributed by atoms with Crippen LogP contribution in [0.1, 0.15) is 34.1 Å². The van der Waals surface area contributed by atoms with E-state index in [4.69, 9.17) is 24.1 Å². The minimum atomic E-state index is -0.962. The number of ether oxygens (including phenoxy) is 4. The molecule has 1 heterocycles. The molecule has 5 unspecified atom stereocenters. The summed E-state index contributed by atoms with van der Waals surface area (Å²) < 4.78 is 21.5. The molecule has 1 aliphatic rings. The number of carboxylic acids is 1. The number of carbonyl (C=O) groups is 3. The Hall–Kier alpha value is -1.67. The Bertz CT molecular complexity index is 435. The zero-order chi connectivity index (χ0) is 17.6. The van der Waals surface area contributed by atoms with Crippen LogP contribution in [-0.2, 0) is 33.3 Å². The Morgan fingerprint density at radius 3 is 2.26 bits per heavy atom. The van der Waals surface area contributed by atoms with E-state index in [1.54, 1.807) is 0 Å². The average Bonchev–Trinajstić information content (AvgIpc) is 2.44. The van der Waals surface area contributed by atoms with Gasteiger partial charge in [0.25, 0.3) is 0 Å². The summed E-state index contributed by atoms with van der Waals surface area (Å²) in [5.74, 6) is -2.11. The molecule has 1 fully saturated rings. The molecule has 1 saturated heterocycles. The van der Waals surface area contributed by atoms with E-state index < -0.39 is 36.4 Å². The second-order valence-corrected chi connectivity index (χ2v) is 5.65. The van der Waals surface area contributed by atoms with Gasteiger partial charge in [0.1, 0.15) is 18.8 Å². The van der Waals surface area contributed by atoms with Crippen LogP contribution in [0.5, 0.6) is 0 Å². The van der Waals surface area contributed by atoms with E-state index in [0.717, 1.165) is 0 Å². The van der Waals surface area contributed by atoms with Crippen LogP contribution in [0, 0.1) is 11.8 Å². The van der Waals surface area contributed by atoms with Crippen molar-refractivity contribution < 1.29 is 38.4 Å². The van der Waals surface area contributed by atoms with E-state index >= 15 is 0 Å². The van der Waals surface area contributed by atoms with Crippen molar-refractivity contribution in [2.45, 2.75) is 52.6 Å². The third-order valence-corrected chi connectivity index (χ3v) is 3.80. The Morgan fingerprint density at radius 2 is 1.74 bits per heavy atom. The molecule has 0 aromatic rings. The molecule has 5 atom stereocenters. The van der Waals surface area contributed by atoms with Crippen molar-refractivity contribution in [1.82, 2.24) is 0 Å². The van der Waals surface area contributed by atoms with Gasteiger partial charge < -0.3 is 24.1 Å². The van der Waals surface area contributed by atoms with Gasteiger partial charge in [-0.3, -0.25) is 14.4 Å². The lowest BCUT2D eigenvalue weighted by molar-refractivity contribution is -0.273. The highest BCUT2D eigenvalue weighted by Crippen LogP contribution is 2.33. The molecule has 0 amide bonds. The number of hydrogen-bond acceptors (Lipinski definition) is 7. The minimum absolute atomic E-state index is 0.00950. The summed E-state index contributed by atoms with van der Waals surface area (Å²) in [7, 11) is 0. The smallest absolute Gasteiger partial charge is 0.305 e. The maximum absolute atomic E-state index is 11.3. The summed E-state index contributed by atoms with van der Waals surface area (Å²) >= 11 is 0. The summed E-state index contributed by atoms with van der Waals surface area (Å²) in [5.41, 5.74) is 0. The van der Waals surface area contributed by atoms with Gasteiger partial charge in [0.2, 0.25) is 0 Å². The Labute approximate surface area is 135 Å². The first-order valence-electron chi connectivity index (χ1n) is 7.51. The highest BCUT2D eigenvalue weighted by Gasteiger charge is 2.44. The molecule has 132 valence electrons. The van der Waals surface area contributed by atoms with Crippen LogP contribution in [0.2, 0.25) is 0 Å². The quantitative estimate of drug-likeness (QED) is 0.687. The van der Waals surface area contributed by atoms with E-state index in [1.165, 1.54) is 13.8 Å². The zero-order valence-corrected chi connectivity index (χ0v) is 13.8. The van der Waals surface area contributed by atoms with Crippen LogP contribution in [0.3, 0.4) is 0 Å². The van der Waals surface area contributed by atoms with Crippen molar-refractivity contribution in [3.63, 3.8) is 0 Å². The Morgan fingerprint density at radius 1 is 1.09 bits per heavy atom. The SMILES string of the molecule is CC(=O)OCC1OC(OCCC(=O)O)C(C)C(C)C1OC(C)=O. The number of esters is 2. The first-order chi connectivity index (χ1) is 10.7. The van der Waals surface area contributed by atoms with Crippen LogP contribution < -0.4 is 0 Å². The van der Waals surface area contributed by atoms with Gasteiger partial charge in [0.15, 0.2) is 6.29 Å². The molecule has 1 rings (SSSR count).